The van der Waals surface area contributed by atoms with Crippen LogP contribution in [-0.2, 0) is 9.53 Å². The van der Waals surface area contributed by atoms with E-state index in [0.29, 0.717) is 12.2 Å². The molecule has 0 aliphatic heterocycles. The second kappa shape index (κ2) is 6.65. The fraction of sp³-hybridized carbons (Fsp3) is 0.500. The zero-order valence-electron chi connectivity index (χ0n) is 7.80. The fourth-order valence-corrected chi connectivity index (χ4v) is 0.656. The van der Waals surface area contributed by atoms with E-state index in [1.165, 1.54) is 0 Å². The minimum atomic E-state index is -0.296. The van der Waals surface area contributed by atoms with E-state index < -0.39 is 0 Å². The zero-order valence-corrected chi connectivity index (χ0v) is 7.80. The topological polar surface area (TPSA) is 26.3 Å². The van der Waals surface area contributed by atoms with E-state index >= 15 is 0 Å². The lowest BCUT2D eigenvalue weighted by atomic mass is 10.3. The predicted octanol–water partition coefficient (Wildman–Crippen LogP) is 2.46. The van der Waals surface area contributed by atoms with Crippen molar-refractivity contribution in [1.82, 2.24) is 0 Å². The molecule has 0 amide bonds. The first kappa shape index (κ1) is 11.0. The van der Waals surface area contributed by atoms with Crippen LogP contribution in [0.4, 0.5) is 0 Å². The second-order valence-corrected chi connectivity index (χ2v) is 2.63. The normalized spacial score (nSPS) is 10.2. The van der Waals surface area contributed by atoms with Gasteiger partial charge in [-0.05, 0) is 26.7 Å². The van der Waals surface area contributed by atoms with Crippen molar-refractivity contribution in [3.05, 3.63) is 24.3 Å². The summed E-state index contributed by atoms with van der Waals surface area (Å²) >= 11 is 0. The van der Waals surface area contributed by atoms with Crippen molar-refractivity contribution in [2.24, 2.45) is 0 Å². The largest absolute Gasteiger partial charge is 0.462 e. The molecule has 0 aromatic rings. The van der Waals surface area contributed by atoms with E-state index in [0.717, 1.165) is 12.8 Å². The van der Waals surface area contributed by atoms with Gasteiger partial charge in [0.2, 0.25) is 0 Å². The molecule has 0 spiro atoms. The van der Waals surface area contributed by atoms with Crippen molar-refractivity contribution in [1.29, 1.82) is 0 Å². The highest BCUT2D eigenvalue weighted by molar-refractivity contribution is 5.86. The van der Waals surface area contributed by atoms with Gasteiger partial charge in [-0.15, -0.1) is 0 Å². The third kappa shape index (κ3) is 5.71. The van der Waals surface area contributed by atoms with Crippen LogP contribution < -0.4 is 0 Å². The molecule has 0 N–H and O–H groups in total. The Labute approximate surface area is 73.9 Å². The van der Waals surface area contributed by atoms with Crippen LogP contribution in [0.5, 0.6) is 0 Å². The van der Waals surface area contributed by atoms with E-state index in [9.17, 15) is 4.79 Å². The maximum atomic E-state index is 10.8. The predicted molar refractivity (Wildman–Crippen MR) is 49.8 cm³/mol. The molecule has 0 saturated heterocycles. The number of unbranched alkanes of at least 4 members (excludes halogenated alkanes) is 1. The third-order valence-electron chi connectivity index (χ3n) is 1.33. The highest BCUT2D eigenvalue weighted by Gasteiger charge is 2.00. The maximum Gasteiger partial charge on any atom is 0.333 e. The van der Waals surface area contributed by atoms with E-state index in [4.69, 9.17) is 4.74 Å². The van der Waals surface area contributed by atoms with Gasteiger partial charge in [-0.2, -0.15) is 0 Å². The van der Waals surface area contributed by atoms with Gasteiger partial charge in [-0.3, -0.25) is 0 Å². The number of carbonyl (C=O) groups excluding carboxylic acids is 1. The number of allylic oxidation sites excluding steroid dienone is 2. The number of hydrogen-bond donors (Lipinski definition) is 0. The van der Waals surface area contributed by atoms with Gasteiger partial charge in [-0.1, -0.05) is 18.7 Å². The van der Waals surface area contributed by atoms with Crippen molar-refractivity contribution < 1.29 is 9.53 Å². The highest BCUT2D eigenvalue weighted by Crippen LogP contribution is 1.96. The van der Waals surface area contributed by atoms with Crippen LogP contribution in [0.2, 0.25) is 0 Å². The van der Waals surface area contributed by atoms with E-state index in [1.807, 2.05) is 13.0 Å². The van der Waals surface area contributed by atoms with Crippen molar-refractivity contribution in [3.8, 4) is 0 Å². The summed E-state index contributed by atoms with van der Waals surface area (Å²) in [7, 11) is 0. The molecule has 2 heteroatoms. The summed E-state index contributed by atoms with van der Waals surface area (Å²) in [6.45, 7) is 7.58. The average molecular weight is 168 g/mol. The van der Waals surface area contributed by atoms with Gasteiger partial charge in [0.25, 0.3) is 0 Å². The summed E-state index contributed by atoms with van der Waals surface area (Å²) in [6, 6.07) is 0. The fourth-order valence-electron chi connectivity index (χ4n) is 0.656. The number of rotatable bonds is 5. The van der Waals surface area contributed by atoms with Gasteiger partial charge in [0.05, 0.1) is 6.61 Å². The molecule has 0 fully saturated rings. The lowest BCUT2D eigenvalue weighted by Crippen LogP contribution is -2.05. The van der Waals surface area contributed by atoms with E-state index in [1.54, 1.807) is 6.92 Å². The van der Waals surface area contributed by atoms with Crippen molar-refractivity contribution >= 4 is 5.97 Å². The Kier molecular flexibility index (Phi) is 6.07. The smallest absolute Gasteiger partial charge is 0.333 e. The van der Waals surface area contributed by atoms with Gasteiger partial charge in [-0.25, -0.2) is 4.79 Å². The number of esters is 1. The molecule has 0 atom stereocenters. The van der Waals surface area contributed by atoms with Gasteiger partial charge in [0.1, 0.15) is 0 Å². The SMILES string of the molecule is C=C(C)C(=O)OCCC/C=C/C. The van der Waals surface area contributed by atoms with Crippen molar-refractivity contribution in [2.75, 3.05) is 6.61 Å². The monoisotopic (exact) mass is 168 g/mol. The van der Waals surface area contributed by atoms with Crippen LogP contribution in [0.25, 0.3) is 0 Å². The quantitative estimate of drug-likeness (QED) is 0.273. The number of hydrogen-bond acceptors (Lipinski definition) is 2. The second-order valence-electron chi connectivity index (χ2n) is 2.63. The van der Waals surface area contributed by atoms with Crippen LogP contribution >= 0.6 is 0 Å². The summed E-state index contributed by atoms with van der Waals surface area (Å²) in [6.07, 6.45) is 5.87. The molecule has 0 aromatic heterocycles. The molecule has 0 aromatic carbocycles. The summed E-state index contributed by atoms with van der Waals surface area (Å²) in [4.78, 5) is 10.8. The Bertz CT molecular complexity index is 180. The molecule has 0 saturated carbocycles. The standard InChI is InChI=1S/C10H16O2/c1-4-5-6-7-8-12-10(11)9(2)3/h4-5H,2,6-8H2,1,3H3/b5-4+. The molecule has 0 radical (unpaired) electrons. The summed E-state index contributed by atoms with van der Waals surface area (Å²) in [5.41, 5.74) is 0.459. The van der Waals surface area contributed by atoms with Crippen LogP contribution in [-0.4, -0.2) is 12.6 Å². The molecule has 0 bridgehead atoms. The van der Waals surface area contributed by atoms with Gasteiger partial charge >= 0.3 is 5.97 Å². The third-order valence-corrected chi connectivity index (χ3v) is 1.33. The molecule has 0 aliphatic carbocycles. The van der Waals surface area contributed by atoms with E-state index in [2.05, 4.69) is 12.7 Å². The molecule has 68 valence electrons. The molecule has 0 unspecified atom stereocenters. The van der Waals surface area contributed by atoms with Crippen LogP contribution in [0.3, 0.4) is 0 Å². The number of carbonyl (C=O) groups is 1. The van der Waals surface area contributed by atoms with Gasteiger partial charge in [0, 0.05) is 5.57 Å². The van der Waals surface area contributed by atoms with E-state index in [-0.39, 0.29) is 5.97 Å². The van der Waals surface area contributed by atoms with Crippen LogP contribution in [0, 0.1) is 0 Å². The van der Waals surface area contributed by atoms with Crippen molar-refractivity contribution in [3.63, 3.8) is 0 Å². The first-order valence-electron chi connectivity index (χ1n) is 4.12. The molecule has 0 rings (SSSR count). The van der Waals surface area contributed by atoms with Crippen LogP contribution in [0.15, 0.2) is 24.3 Å². The first-order chi connectivity index (χ1) is 5.68. The number of ether oxygens (including phenoxy) is 1. The molecule has 2 nitrogen and oxygen atoms in total. The molecule has 0 heterocycles. The highest BCUT2D eigenvalue weighted by atomic mass is 16.5. The Hall–Kier alpha value is -1.05. The minimum absolute atomic E-state index is 0.296. The summed E-state index contributed by atoms with van der Waals surface area (Å²) in [5.74, 6) is -0.296. The Morgan fingerprint density at radius 3 is 2.75 bits per heavy atom. The van der Waals surface area contributed by atoms with Gasteiger partial charge in [0.15, 0.2) is 0 Å². The molecular formula is C10H16O2. The zero-order chi connectivity index (χ0) is 9.40. The van der Waals surface area contributed by atoms with Gasteiger partial charge < -0.3 is 4.74 Å². The Morgan fingerprint density at radius 1 is 1.58 bits per heavy atom. The summed E-state index contributed by atoms with van der Waals surface area (Å²) in [5, 5.41) is 0. The Morgan fingerprint density at radius 2 is 2.25 bits per heavy atom. The van der Waals surface area contributed by atoms with Crippen LogP contribution in [0.1, 0.15) is 26.7 Å². The average Bonchev–Trinajstić information content (AvgIpc) is 2.03. The Balaban J connectivity index is 3.32. The summed E-state index contributed by atoms with van der Waals surface area (Å²) < 4.78 is 4.88. The molecule has 12 heavy (non-hydrogen) atoms. The lowest BCUT2D eigenvalue weighted by Gasteiger charge is -2.01. The minimum Gasteiger partial charge on any atom is -0.462 e. The van der Waals surface area contributed by atoms with Crippen molar-refractivity contribution in [2.45, 2.75) is 26.7 Å². The lowest BCUT2D eigenvalue weighted by molar-refractivity contribution is -0.139. The molecule has 0 aliphatic rings. The first-order valence-corrected chi connectivity index (χ1v) is 4.12. The molecular weight excluding hydrogens is 152 g/mol. The maximum absolute atomic E-state index is 10.8.